The van der Waals surface area contributed by atoms with Crippen LogP contribution in [0.1, 0.15) is 16.9 Å². The van der Waals surface area contributed by atoms with Crippen LogP contribution >= 0.6 is 22.9 Å². The Kier molecular flexibility index (Phi) is 6.87. The van der Waals surface area contributed by atoms with E-state index >= 15 is 0 Å². The highest BCUT2D eigenvalue weighted by molar-refractivity contribution is 7.23. The number of nitrogens with zero attached hydrogens (tertiary/aromatic N) is 5. The average Bonchev–Trinajstić information content (AvgIpc) is 3.33. The number of amides is 1. The van der Waals surface area contributed by atoms with E-state index < -0.39 is 0 Å². The first-order valence-electron chi connectivity index (χ1n) is 11.1. The molecule has 0 atom stereocenters. The minimum atomic E-state index is -0.241. The number of carbonyl (C=O) groups is 1. The van der Waals surface area contributed by atoms with Gasteiger partial charge < -0.3 is 9.47 Å². The van der Waals surface area contributed by atoms with Crippen LogP contribution < -0.4 is 9.64 Å². The summed E-state index contributed by atoms with van der Waals surface area (Å²) < 4.78 is 11.7. The maximum absolute atomic E-state index is 13.7. The lowest BCUT2D eigenvalue weighted by atomic mass is 10.2. The first-order valence-corrected chi connectivity index (χ1v) is 12.3. The molecule has 0 bridgehead atoms. The maximum Gasteiger partial charge on any atom is 0.280 e. The molecule has 8 nitrogen and oxygen atoms in total. The molecule has 0 aliphatic carbocycles. The van der Waals surface area contributed by atoms with Gasteiger partial charge in [0.25, 0.3) is 5.91 Å². The van der Waals surface area contributed by atoms with Crippen molar-refractivity contribution in [3.05, 3.63) is 53.3 Å². The number of anilines is 1. The number of benzene rings is 2. The summed E-state index contributed by atoms with van der Waals surface area (Å²) in [6, 6.07) is 11.1. The Morgan fingerprint density at radius 1 is 1.18 bits per heavy atom. The summed E-state index contributed by atoms with van der Waals surface area (Å²) in [5, 5.41) is 1.13. The quantitative estimate of drug-likeness (QED) is 0.377. The number of hydrogen-bond donors (Lipinski definition) is 0. The van der Waals surface area contributed by atoms with E-state index in [1.807, 2.05) is 24.3 Å². The Bertz CT molecular complexity index is 1320. The second-order valence-corrected chi connectivity index (χ2v) is 9.32. The first kappa shape index (κ1) is 22.9. The van der Waals surface area contributed by atoms with Gasteiger partial charge in [-0.05, 0) is 30.7 Å². The fourth-order valence-corrected chi connectivity index (χ4v) is 5.26. The third-order valence-corrected chi connectivity index (χ3v) is 7.31. The van der Waals surface area contributed by atoms with Crippen LogP contribution in [0.15, 0.2) is 42.6 Å². The van der Waals surface area contributed by atoms with Gasteiger partial charge in [0.05, 0.1) is 47.3 Å². The topological polar surface area (TPSA) is 80.7 Å². The normalized spacial score (nSPS) is 14.5. The summed E-state index contributed by atoms with van der Waals surface area (Å²) >= 11 is 7.82. The molecule has 1 fully saturated rings. The summed E-state index contributed by atoms with van der Waals surface area (Å²) in [5.41, 5.74) is 2.35. The molecule has 1 saturated heterocycles. The zero-order valence-corrected chi connectivity index (χ0v) is 20.3. The standard InChI is InChI=1S/C24H24ClN5O3S/c1-32-20-8-7-16(25)22-21(20)28-24(34-22)30(10-4-9-29-11-13-33-14-12-29)23(31)19-15-26-17-5-2-3-6-18(17)27-19/h2-3,5-8,15H,4,9-14H2,1H3. The van der Waals surface area contributed by atoms with Gasteiger partial charge >= 0.3 is 0 Å². The summed E-state index contributed by atoms with van der Waals surface area (Å²) in [4.78, 5) is 31.5. The van der Waals surface area contributed by atoms with Crippen molar-refractivity contribution < 1.29 is 14.3 Å². The molecule has 5 rings (SSSR count). The van der Waals surface area contributed by atoms with Gasteiger partial charge in [-0.3, -0.25) is 19.6 Å². The van der Waals surface area contributed by atoms with Gasteiger partial charge in [0, 0.05) is 26.2 Å². The van der Waals surface area contributed by atoms with Crippen LogP contribution in [0.3, 0.4) is 0 Å². The lowest BCUT2D eigenvalue weighted by Gasteiger charge is -2.27. The maximum atomic E-state index is 13.7. The van der Waals surface area contributed by atoms with Crippen LogP contribution in [0.5, 0.6) is 5.75 Å². The minimum Gasteiger partial charge on any atom is -0.494 e. The van der Waals surface area contributed by atoms with Crippen LogP contribution in [0.25, 0.3) is 21.3 Å². The van der Waals surface area contributed by atoms with Crippen LogP contribution in [-0.2, 0) is 4.74 Å². The van der Waals surface area contributed by atoms with Gasteiger partial charge in [-0.15, -0.1) is 0 Å². The van der Waals surface area contributed by atoms with Crippen molar-refractivity contribution >= 4 is 55.2 Å². The minimum absolute atomic E-state index is 0.241. The fourth-order valence-electron chi connectivity index (χ4n) is 3.98. The summed E-state index contributed by atoms with van der Waals surface area (Å²) in [5.74, 6) is 0.377. The number of methoxy groups -OCH3 is 1. The average molecular weight is 498 g/mol. The smallest absolute Gasteiger partial charge is 0.280 e. The van der Waals surface area contributed by atoms with E-state index in [2.05, 4.69) is 14.9 Å². The monoisotopic (exact) mass is 497 g/mol. The molecule has 0 saturated carbocycles. The van der Waals surface area contributed by atoms with Crippen molar-refractivity contribution in [2.45, 2.75) is 6.42 Å². The highest BCUT2D eigenvalue weighted by atomic mass is 35.5. The number of aromatic nitrogens is 3. The molecule has 2 aromatic heterocycles. The van der Waals surface area contributed by atoms with Crippen LogP contribution in [0.4, 0.5) is 5.13 Å². The number of rotatable bonds is 7. The number of para-hydroxylation sites is 2. The number of ether oxygens (including phenoxy) is 2. The summed E-state index contributed by atoms with van der Waals surface area (Å²) in [7, 11) is 1.59. The Hall–Kier alpha value is -2.85. The summed E-state index contributed by atoms with van der Waals surface area (Å²) in [6.45, 7) is 4.64. The van der Waals surface area contributed by atoms with E-state index in [4.69, 9.17) is 26.1 Å². The number of halogens is 1. The van der Waals surface area contributed by atoms with Crippen molar-refractivity contribution in [1.82, 2.24) is 19.9 Å². The van der Waals surface area contributed by atoms with Crippen LogP contribution in [-0.4, -0.2) is 72.3 Å². The van der Waals surface area contributed by atoms with Crippen LogP contribution in [0, 0.1) is 0 Å². The van der Waals surface area contributed by atoms with E-state index in [9.17, 15) is 4.79 Å². The fraction of sp³-hybridized carbons (Fsp3) is 0.333. The lowest BCUT2D eigenvalue weighted by Crippen LogP contribution is -2.39. The zero-order valence-electron chi connectivity index (χ0n) is 18.7. The van der Waals surface area contributed by atoms with Gasteiger partial charge in [0.1, 0.15) is 17.0 Å². The zero-order chi connectivity index (χ0) is 23.5. The molecule has 2 aromatic carbocycles. The predicted molar refractivity (Wildman–Crippen MR) is 134 cm³/mol. The summed E-state index contributed by atoms with van der Waals surface area (Å²) in [6.07, 6.45) is 2.31. The van der Waals surface area contributed by atoms with Crippen molar-refractivity contribution in [1.29, 1.82) is 0 Å². The Labute approximate surface area is 206 Å². The highest BCUT2D eigenvalue weighted by Crippen LogP contribution is 2.39. The number of fused-ring (bicyclic) bond motifs is 2. The Morgan fingerprint density at radius 2 is 1.97 bits per heavy atom. The molecule has 0 spiro atoms. The molecule has 0 N–H and O–H groups in total. The van der Waals surface area contributed by atoms with E-state index in [1.165, 1.54) is 17.5 Å². The second kappa shape index (κ2) is 10.2. The molecule has 0 unspecified atom stereocenters. The number of carbonyl (C=O) groups excluding carboxylic acids is 1. The Balaban J connectivity index is 1.47. The molecule has 0 radical (unpaired) electrons. The van der Waals surface area contributed by atoms with Crippen molar-refractivity contribution in [3.8, 4) is 5.75 Å². The molecule has 1 aliphatic rings. The molecule has 176 valence electrons. The lowest BCUT2D eigenvalue weighted by molar-refractivity contribution is 0.0376. The van der Waals surface area contributed by atoms with Gasteiger partial charge in [-0.2, -0.15) is 0 Å². The van der Waals surface area contributed by atoms with E-state index in [0.29, 0.717) is 33.5 Å². The Morgan fingerprint density at radius 3 is 2.76 bits per heavy atom. The van der Waals surface area contributed by atoms with E-state index in [0.717, 1.165) is 49.5 Å². The molecular weight excluding hydrogens is 474 g/mol. The van der Waals surface area contributed by atoms with Crippen molar-refractivity contribution in [3.63, 3.8) is 0 Å². The van der Waals surface area contributed by atoms with E-state index in [1.54, 1.807) is 24.1 Å². The van der Waals surface area contributed by atoms with E-state index in [-0.39, 0.29) is 11.6 Å². The molecule has 34 heavy (non-hydrogen) atoms. The third-order valence-electron chi connectivity index (χ3n) is 5.77. The highest BCUT2D eigenvalue weighted by Gasteiger charge is 2.25. The van der Waals surface area contributed by atoms with Gasteiger partial charge in [-0.25, -0.2) is 9.97 Å². The number of hydrogen-bond acceptors (Lipinski definition) is 8. The SMILES string of the molecule is COc1ccc(Cl)c2sc(N(CCCN3CCOCC3)C(=O)c3cnc4ccccc4n3)nc12. The number of thiazole rings is 1. The third kappa shape index (κ3) is 4.69. The van der Waals surface area contributed by atoms with Crippen molar-refractivity contribution in [2.24, 2.45) is 0 Å². The largest absolute Gasteiger partial charge is 0.494 e. The molecule has 4 aromatic rings. The molecule has 10 heteroatoms. The van der Waals surface area contributed by atoms with Crippen molar-refractivity contribution in [2.75, 3.05) is 51.4 Å². The predicted octanol–water partition coefficient (Wildman–Crippen LogP) is 4.27. The van der Waals surface area contributed by atoms with Gasteiger partial charge in [0.15, 0.2) is 5.13 Å². The van der Waals surface area contributed by atoms with Gasteiger partial charge in [-0.1, -0.05) is 35.1 Å². The van der Waals surface area contributed by atoms with Gasteiger partial charge in [0.2, 0.25) is 0 Å². The molecule has 1 aliphatic heterocycles. The first-order chi connectivity index (χ1) is 16.6. The number of morpholine rings is 1. The van der Waals surface area contributed by atoms with Crippen LogP contribution in [0.2, 0.25) is 5.02 Å². The molecule has 3 heterocycles. The second-order valence-electron chi connectivity index (χ2n) is 7.93. The molecular formula is C24H24ClN5O3S. The molecule has 1 amide bonds.